The van der Waals surface area contributed by atoms with Crippen LogP contribution >= 0.6 is 0 Å². The molecule has 0 saturated carbocycles. The van der Waals surface area contributed by atoms with E-state index in [0.29, 0.717) is 5.92 Å². The van der Waals surface area contributed by atoms with Crippen molar-refractivity contribution in [2.24, 2.45) is 5.92 Å². The highest BCUT2D eigenvalue weighted by atomic mass is 14.4. The summed E-state index contributed by atoms with van der Waals surface area (Å²) in [5.74, 6) is 0.550. The van der Waals surface area contributed by atoms with Crippen molar-refractivity contribution in [3.8, 4) is 0 Å². The van der Waals surface area contributed by atoms with E-state index in [1.165, 1.54) is 22.3 Å². The van der Waals surface area contributed by atoms with Gasteiger partial charge in [0.2, 0.25) is 0 Å². The highest BCUT2D eigenvalue weighted by molar-refractivity contribution is 5.87. The highest BCUT2D eigenvalue weighted by Gasteiger charge is 2.41. The number of fused-ring (bicyclic) bond motifs is 1. The fourth-order valence-electron chi connectivity index (χ4n) is 3.03. The Morgan fingerprint density at radius 3 is 2.25 bits per heavy atom. The molecule has 20 heavy (non-hydrogen) atoms. The van der Waals surface area contributed by atoms with Crippen LogP contribution in [0.5, 0.6) is 0 Å². The van der Waals surface area contributed by atoms with Crippen LogP contribution < -0.4 is 0 Å². The Morgan fingerprint density at radius 1 is 1.15 bits per heavy atom. The van der Waals surface area contributed by atoms with E-state index in [4.69, 9.17) is 0 Å². The predicted molar refractivity (Wildman–Crippen MR) is 91.9 cm³/mol. The van der Waals surface area contributed by atoms with Gasteiger partial charge in [0.15, 0.2) is 0 Å². The first-order valence-electron chi connectivity index (χ1n) is 7.67. The van der Waals surface area contributed by atoms with Crippen LogP contribution in [0.25, 0.3) is 5.57 Å². The molecule has 0 spiro atoms. The van der Waals surface area contributed by atoms with Gasteiger partial charge in [0.25, 0.3) is 0 Å². The fourth-order valence-corrected chi connectivity index (χ4v) is 3.03. The summed E-state index contributed by atoms with van der Waals surface area (Å²) in [6, 6.07) is 8.74. The molecule has 1 unspecified atom stereocenters. The van der Waals surface area contributed by atoms with Gasteiger partial charge >= 0.3 is 0 Å². The minimum atomic E-state index is 0.0766. The van der Waals surface area contributed by atoms with Gasteiger partial charge < -0.3 is 0 Å². The molecule has 0 radical (unpaired) electrons. The van der Waals surface area contributed by atoms with Crippen molar-refractivity contribution in [1.29, 1.82) is 0 Å². The zero-order chi connectivity index (χ0) is 15.3. The van der Waals surface area contributed by atoms with Gasteiger partial charge in [-0.25, -0.2) is 0 Å². The molecule has 1 aliphatic carbocycles. The van der Waals surface area contributed by atoms with Crippen molar-refractivity contribution in [2.45, 2.75) is 47.0 Å². The Labute approximate surface area is 124 Å². The maximum Gasteiger partial charge on any atom is 0.0209 e. The number of benzene rings is 1. The highest BCUT2D eigenvalue weighted by Crippen LogP contribution is 2.51. The molecule has 1 aromatic carbocycles. The average Bonchev–Trinajstić information content (AvgIpc) is 2.72. The molecule has 1 aromatic rings. The second-order valence-electron chi connectivity index (χ2n) is 5.43. The molecule has 0 amide bonds. The zero-order valence-electron chi connectivity index (χ0n) is 13.8. The van der Waals surface area contributed by atoms with Crippen molar-refractivity contribution in [3.63, 3.8) is 0 Å². The van der Waals surface area contributed by atoms with E-state index in [9.17, 15) is 0 Å². The van der Waals surface area contributed by atoms with Crippen LogP contribution in [0.15, 0.2) is 54.6 Å². The van der Waals surface area contributed by atoms with E-state index in [0.717, 1.165) is 0 Å². The molecule has 108 valence electrons. The molecular formula is C20H28. The number of rotatable bonds is 3. The first-order chi connectivity index (χ1) is 9.57. The van der Waals surface area contributed by atoms with Crippen molar-refractivity contribution in [2.75, 3.05) is 0 Å². The first kappa shape index (κ1) is 16.5. The lowest BCUT2D eigenvalue weighted by Crippen LogP contribution is -2.28. The number of hydrogen-bond acceptors (Lipinski definition) is 0. The number of hydrogen-bond donors (Lipinski definition) is 0. The summed E-state index contributed by atoms with van der Waals surface area (Å²) >= 11 is 0. The van der Waals surface area contributed by atoms with Crippen molar-refractivity contribution < 1.29 is 0 Å². The van der Waals surface area contributed by atoms with Gasteiger partial charge in [0, 0.05) is 5.41 Å². The van der Waals surface area contributed by atoms with Gasteiger partial charge in [0.1, 0.15) is 0 Å². The van der Waals surface area contributed by atoms with Crippen LogP contribution in [0.2, 0.25) is 0 Å². The van der Waals surface area contributed by atoms with Gasteiger partial charge in [-0.1, -0.05) is 83.7 Å². The summed E-state index contributed by atoms with van der Waals surface area (Å²) in [7, 11) is 0. The van der Waals surface area contributed by atoms with Crippen molar-refractivity contribution >= 4 is 5.57 Å². The normalized spacial score (nSPS) is 20.9. The summed E-state index contributed by atoms with van der Waals surface area (Å²) in [5, 5.41) is 0. The smallest absolute Gasteiger partial charge is 0.0209 e. The minimum Gasteiger partial charge on any atom is -0.0987 e. The molecule has 0 N–H and O–H groups in total. The Hall–Kier alpha value is -1.56. The molecule has 1 aliphatic rings. The van der Waals surface area contributed by atoms with Gasteiger partial charge in [-0.3, -0.25) is 0 Å². The quantitative estimate of drug-likeness (QED) is 0.616. The molecular weight excluding hydrogens is 240 g/mol. The fraction of sp³-hybridized carbons (Fsp3) is 0.400. The van der Waals surface area contributed by atoms with Crippen LogP contribution in [0.4, 0.5) is 0 Å². The standard InChI is InChI=1S/C18H22.C2H6/c1-6-10-14-15-11-8-9-12-17(15)18(5,13(3)4)16(14)7-2;1-2/h6-13H,2H2,1,3-5H3;1-2H3/b10-6-;. The van der Waals surface area contributed by atoms with E-state index in [1.807, 2.05) is 19.9 Å². The second kappa shape index (κ2) is 6.74. The lowest BCUT2D eigenvalue weighted by Gasteiger charge is -2.33. The van der Waals surface area contributed by atoms with E-state index >= 15 is 0 Å². The summed E-state index contributed by atoms with van der Waals surface area (Å²) in [4.78, 5) is 0. The lowest BCUT2D eigenvalue weighted by atomic mass is 9.70. The maximum absolute atomic E-state index is 4.04. The Bertz CT molecular complexity index is 529. The summed E-state index contributed by atoms with van der Waals surface area (Å²) in [5.41, 5.74) is 5.56. The molecule has 0 aromatic heterocycles. The molecule has 0 bridgehead atoms. The lowest BCUT2D eigenvalue weighted by molar-refractivity contribution is 0.411. The van der Waals surface area contributed by atoms with E-state index < -0.39 is 0 Å². The molecule has 1 atom stereocenters. The molecule has 0 heterocycles. The molecule has 2 rings (SSSR count). The van der Waals surface area contributed by atoms with Gasteiger partial charge in [-0.05, 0) is 35.1 Å². The van der Waals surface area contributed by atoms with E-state index in [-0.39, 0.29) is 5.41 Å². The van der Waals surface area contributed by atoms with Gasteiger partial charge in [-0.2, -0.15) is 0 Å². The first-order valence-corrected chi connectivity index (χ1v) is 7.67. The third-order valence-electron chi connectivity index (χ3n) is 4.32. The Morgan fingerprint density at radius 2 is 1.75 bits per heavy atom. The molecule has 0 nitrogen and oxygen atoms in total. The Kier molecular flexibility index (Phi) is 5.56. The molecule has 0 saturated heterocycles. The summed E-state index contributed by atoms with van der Waals surface area (Å²) in [6.45, 7) is 17.0. The van der Waals surface area contributed by atoms with Crippen LogP contribution in [-0.4, -0.2) is 0 Å². The van der Waals surface area contributed by atoms with E-state index in [1.54, 1.807) is 0 Å². The zero-order valence-corrected chi connectivity index (χ0v) is 13.8. The largest absolute Gasteiger partial charge is 0.0987 e. The van der Waals surface area contributed by atoms with Crippen molar-refractivity contribution in [1.82, 2.24) is 0 Å². The van der Waals surface area contributed by atoms with Gasteiger partial charge in [-0.15, -0.1) is 0 Å². The average molecular weight is 268 g/mol. The third kappa shape index (κ3) is 2.40. The third-order valence-corrected chi connectivity index (χ3v) is 4.32. The SMILES string of the molecule is C=CC1=C(/C=C\C)c2ccccc2C1(C)C(C)C.CC. The van der Waals surface area contributed by atoms with Gasteiger partial charge in [0.05, 0.1) is 0 Å². The Balaban J connectivity index is 0.000000956. The second-order valence-corrected chi connectivity index (χ2v) is 5.43. The molecule has 0 heteroatoms. The summed E-state index contributed by atoms with van der Waals surface area (Å²) < 4.78 is 0. The molecule has 0 fully saturated rings. The minimum absolute atomic E-state index is 0.0766. The van der Waals surface area contributed by atoms with Crippen LogP contribution in [0, 0.1) is 5.92 Å². The van der Waals surface area contributed by atoms with Crippen LogP contribution in [0.3, 0.4) is 0 Å². The number of allylic oxidation sites excluding steroid dienone is 5. The van der Waals surface area contributed by atoms with Crippen LogP contribution in [0.1, 0.15) is 52.7 Å². The molecule has 0 aliphatic heterocycles. The topological polar surface area (TPSA) is 0 Å². The van der Waals surface area contributed by atoms with E-state index in [2.05, 4.69) is 70.7 Å². The summed E-state index contributed by atoms with van der Waals surface area (Å²) in [6.07, 6.45) is 6.36. The maximum atomic E-state index is 4.04. The van der Waals surface area contributed by atoms with Crippen molar-refractivity contribution in [3.05, 3.63) is 65.8 Å². The van der Waals surface area contributed by atoms with Crippen LogP contribution in [-0.2, 0) is 5.41 Å². The monoisotopic (exact) mass is 268 g/mol. The predicted octanol–water partition coefficient (Wildman–Crippen LogP) is 6.16.